The second kappa shape index (κ2) is 6.21. The summed E-state index contributed by atoms with van der Waals surface area (Å²) in [6.07, 6.45) is 7.31. The number of sulfonamides is 1. The van der Waals surface area contributed by atoms with Gasteiger partial charge in [-0.25, -0.2) is 12.7 Å². The first kappa shape index (κ1) is 17.0. The van der Waals surface area contributed by atoms with Gasteiger partial charge in [0.15, 0.2) is 0 Å². The fourth-order valence-corrected chi connectivity index (χ4v) is 5.89. The van der Waals surface area contributed by atoms with E-state index in [2.05, 4.69) is 36.4 Å². The molecular formula is C22H23NO3S. The fraction of sp³-hybridized carbons (Fsp3) is 0.364. The molecule has 140 valence electrons. The lowest BCUT2D eigenvalue weighted by molar-refractivity contribution is 0.0620. The molecule has 0 unspecified atom stereocenters. The second-order valence-electron chi connectivity index (χ2n) is 7.76. The Hall–Kier alpha value is -2.11. The lowest BCUT2D eigenvalue weighted by Crippen LogP contribution is -2.50. The van der Waals surface area contributed by atoms with Crippen LogP contribution in [0.5, 0.6) is 5.75 Å². The van der Waals surface area contributed by atoms with E-state index >= 15 is 0 Å². The molecule has 0 atom stereocenters. The SMILES string of the molecule is O=S(=O)(C1CC1)N1CCC2(C=Cc3cc(-c4ccccc4)ccc3O2)CC1. The van der Waals surface area contributed by atoms with Crippen LogP contribution in [0.2, 0.25) is 0 Å². The van der Waals surface area contributed by atoms with Gasteiger partial charge in [-0.1, -0.05) is 42.5 Å². The van der Waals surface area contributed by atoms with E-state index in [0.29, 0.717) is 25.9 Å². The second-order valence-corrected chi connectivity index (χ2v) is 9.98. The van der Waals surface area contributed by atoms with E-state index in [4.69, 9.17) is 4.74 Å². The average molecular weight is 381 g/mol. The van der Waals surface area contributed by atoms with Gasteiger partial charge in [0, 0.05) is 31.5 Å². The highest BCUT2D eigenvalue weighted by atomic mass is 32.2. The van der Waals surface area contributed by atoms with Crippen molar-refractivity contribution in [3.63, 3.8) is 0 Å². The largest absolute Gasteiger partial charge is 0.482 e. The summed E-state index contributed by atoms with van der Waals surface area (Å²) in [5.74, 6) is 0.885. The molecule has 0 bridgehead atoms. The monoisotopic (exact) mass is 381 g/mol. The van der Waals surface area contributed by atoms with Crippen LogP contribution >= 0.6 is 0 Å². The van der Waals surface area contributed by atoms with Gasteiger partial charge in [0.1, 0.15) is 11.4 Å². The summed E-state index contributed by atoms with van der Waals surface area (Å²) >= 11 is 0. The van der Waals surface area contributed by atoms with Crippen LogP contribution in [-0.4, -0.2) is 36.7 Å². The molecule has 2 aliphatic heterocycles. The van der Waals surface area contributed by atoms with E-state index in [1.165, 1.54) is 11.1 Å². The van der Waals surface area contributed by atoms with Gasteiger partial charge >= 0.3 is 0 Å². The third-order valence-corrected chi connectivity index (χ3v) is 8.27. The summed E-state index contributed by atoms with van der Waals surface area (Å²) in [4.78, 5) is 0. The van der Waals surface area contributed by atoms with Crippen LogP contribution in [0.15, 0.2) is 54.6 Å². The Morgan fingerprint density at radius 3 is 2.41 bits per heavy atom. The summed E-state index contributed by atoms with van der Waals surface area (Å²) < 4.78 is 33.0. The number of ether oxygens (including phenoxy) is 1. The quantitative estimate of drug-likeness (QED) is 0.805. The average Bonchev–Trinajstić information content (AvgIpc) is 3.55. The van der Waals surface area contributed by atoms with Gasteiger partial charge in [-0.3, -0.25) is 0 Å². The van der Waals surface area contributed by atoms with Gasteiger partial charge < -0.3 is 4.74 Å². The predicted molar refractivity (Wildman–Crippen MR) is 107 cm³/mol. The number of benzene rings is 2. The standard InChI is InChI=1S/C22H23NO3S/c24-27(25,20-7-8-20)23-14-12-22(13-15-23)11-10-19-16-18(6-9-21(19)26-22)17-4-2-1-3-5-17/h1-6,9-11,16,20H,7-8,12-15H2. The molecule has 5 heteroatoms. The zero-order valence-electron chi connectivity index (χ0n) is 15.2. The first-order valence-corrected chi connectivity index (χ1v) is 11.1. The summed E-state index contributed by atoms with van der Waals surface area (Å²) in [7, 11) is -3.09. The van der Waals surface area contributed by atoms with Gasteiger partial charge in [0.25, 0.3) is 0 Å². The van der Waals surface area contributed by atoms with E-state index in [1.54, 1.807) is 4.31 Å². The Morgan fingerprint density at radius 1 is 0.963 bits per heavy atom. The Kier molecular flexibility index (Phi) is 3.92. The molecule has 2 aromatic rings. The van der Waals surface area contributed by atoms with Crippen LogP contribution in [0, 0.1) is 0 Å². The molecule has 1 saturated carbocycles. The van der Waals surface area contributed by atoms with Crippen molar-refractivity contribution in [1.82, 2.24) is 4.31 Å². The van der Waals surface area contributed by atoms with E-state index < -0.39 is 10.0 Å². The molecule has 2 aromatic carbocycles. The molecule has 0 N–H and O–H groups in total. The molecule has 1 spiro atoms. The minimum absolute atomic E-state index is 0.133. The van der Waals surface area contributed by atoms with Crippen molar-refractivity contribution in [2.24, 2.45) is 0 Å². The number of piperidine rings is 1. The van der Waals surface area contributed by atoms with Gasteiger partial charge in [-0.2, -0.15) is 0 Å². The maximum absolute atomic E-state index is 12.5. The van der Waals surface area contributed by atoms with Gasteiger partial charge in [0.2, 0.25) is 10.0 Å². The van der Waals surface area contributed by atoms with Crippen LogP contribution in [0.4, 0.5) is 0 Å². The van der Waals surface area contributed by atoms with Gasteiger partial charge in [-0.05, 0) is 42.2 Å². The molecule has 2 fully saturated rings. The van der Waals surface area contributed by atoms with Crippen LogP contribution in [0.3, 0.4) is 0 Å². The first-order valence-electron chi connectivity index (χ1n) is 9.63. The Labute approximate surface area is 160 Å². The number of nitrogens with zero attached hydrogens (tertiary/aromatic N) is 1. The molecule has 0 aromatic heterocycles. The van der Waals surface area contributed by atoms with Crippen molar-refractivity contribution in [3.05, 3.63) is 60.2 Å². The van der Waals surface area contributed by atoms with E-state index in [9.17, 15) is 8.42 Å². The zero-order valence-corrected chi connectivity index (χ0v) is 16.0. The normalized spacial score (nSPS) is 21.6. The van der Waals surface area contributed by atoms with Crippen molar-refractivity contribution < 1.29 is 13.2 Å². The maximum Gasteiger partial charge on any atom is 0.216 e. The molecule has 2 heterocycles. The van der Waals surface area contributed by atoms with E-state index in [1.807, 2.05) is 24.3 Å². The lowest BCUT2D eigenvalue weighted by atomic mass is 9.88. The van der Waals surface area contributed by atoms with Crippen LogP contribution < -0.4 is 4.74 Å². The van der Waals surface area contributed by atoms with E-state index in [0.717, 1.165) is 24.2 Å². The highest BCUT2D eigenvalue weighted by Gasteiger charge is 2.45. The molecular weight excluding hydrogens is 358 g/mol. The Morgan fingerprint density at radius 2 is 1.70 bits per heavy atom. The predicted octanol–water partition coefficient (Wildman–Crippen LogP) is 4.09. The van der Waals surface area contributed by atoms with Gasteiger partial charge in [0.05, 0.1) is 5.25 Å². The highest BCUT2D eigenvalue weighted by Crippen LogP contribution is 2.40. The van der Waals surface area contributed by atoms with Gasteiger partial charge in [-0.15, -0.1) is 0 Å². The van der Waals surface area contributed by atoms with Crippen molar-refractivity contribution in [3.8, 4) is 16.9 Å². The summed E-state index contributed by atoms with van der Waals surface area (Å²) in [5.41, 5.74) is 3.06. The molecule has 3 aliphatic rings. The number of rotatable bonds is 3. The summed E-state index contributed by atoms with van der Waals surface area (Å²) in [6, 6.07) is 16.6. The third-order valence-electron chi connectivity index (χ3n) is 5.87. The first-order chi connectivity index (χ1) is 13.1. The number of hydrogen-bond acceptors (Lipinski definition) is 3. The molecule has 27 heavy (non-hydrogen) atoms. The molecule has 0 amide bonds. The fourth-order valence-electron chi connectivity index (χ4n) is 4.04. The van der Waals surface area contributed by atoms with Crippen molar-refractivity contribution in [2.45, 2.75) is 36.5 Å². The summed E-state index contributed by atoms with van der Waals surface area (Å²) in [6.45, 7) is 1.08. The maximum atomic E-state index is 12.5. The third kappa shape index (κ3) is 3.09. The van der Waals surface area contributed by atoms with Crippen LogP contribution in [0.1, 0.15) is 31.2 Å². The Balaban J connectivity index is 1.34. The Bertz CT molecular complexity index is 985. The molecule has 0 radical (unpaired) electrons. The number of fused-ring (bicyclic) bond motifs is 1. The minimum atomic E-state index is -3.09. The molecule has 5 rings (SSSR count). The van der Waals surface area contributed by atoms with Crippen LogP contribution in [0.25, 0.3) is 17.2 Å². The van der Waals surface area contributed by atoms with Crippen LogP contribution in [-0.2, 0) is 10.0 Å². The van der Waals surface area contributed by atoms with Crippen molar-refractivity contribution in [1.29, 1.82) is 0 Å². The zero-order chi connectivity index (χ0) is 18.5. The number of hydrogen-bond donors (Lipinski definition) is 0. The van der Waals surface area contributed by atoms with E-state index in [-0.39, 0.29) is 10.9 Å². The summed E-state index contributed by atoms with van der Waals surface area (Å²) in [5, 5.41) is -0.133. The lowest BCUT2D eigenvalue weighted by Gasteiger charge is -2.41. The van der Waals surface area contributed by atoms with Crippen molar-refractivity contribution in [2.75, 3.05) is 13.1 Å². The topological polar surface area (TPSA) is 46.6 Å². The minimum Gasteiger partial charge on any atom is -0.482 e. The smallest absolute Gasteiger partial charge is 0.216 e. The molecule has 1 saturated heterocycles. The molecule has 1 aliphatic carbocycles. The molecule has 4 nitrogen and oxygen atoms in total. The van der Waals surface area contributed by atoms with Crippen molar-refractivity contribution >= 4 is 16.1 Å². The highest BCUT2D eigenvalue weighted by molar-refractivity contribution is 7.90.